The van der Waals surface area contributed by atoms with E-state index in [9.17, 15) is 14.9 Å². The van der Waals surface area contributed by atoms with Crippen LogP contribution in [0.25, 0.3) is 0 Å². The number of nitrogens with one attached hydrogen (secondary N) is 2. The number of hydrogen-bond donors (Lipinski definition) is 2. The van der Waals surface area contributed by atoms with Gasteiger partial charge in [-0.2, -0.15) is 0 Å². The molecule has 0 unspecified atom stereocenters. The molecule has 1 amide bonds. The Balaban J connectivity index is 2.09. The van der Waals surface area contributed by atoms with E-state index in [4.69, 9.17) is 28.6 Å². The number of anilines is 1. The number of carbonyl (C=O) groups is 1. The molecule has 10 heteroatoms. The van der Waals surface area contributed by atoms with Crippen molar-refractivity contribution in [1.82, 2.24) is 5.32 Å². The second kappa shape index (κ2) is 9.12. The van der Waals surface area contributed by atoms with Gasteiger partial charge in [0.15, 0.2) is 5.11 Å². The number of ether oxygens (including phenoxy) is 1. The van der Waals surface area contributed by atoms with E-state index in [2.05, 4.69) is 26.6 Å². The molecule has 0 aliphatic rings. The molecule has 0 aliphatic heterocycles. The predicted molar refractivity (Wildman–Crippen MR) is 112 cm³/mol. The van der Waals surface area contributed by atoms with Crippen LogP contribution in [0.4, 0.5) is 11.4 Å². The SMILES string of the molecule is CCOc1ccc(C(=O)NC(=S)Nc2cc(Cl)c([N+](=O)[O-])cc2C)cc1Br. The first-order valence-electron chi connectivity index (χ1n) is 7.72. The van der Waals surface area contributed by atoms with Crippen molar-refractivity contribution in [3.05, 3.63) is 61.1 Å². The van der Waals surface area contributed by atoms with Gasteiger partial charge in [-0.05, 0) is 71.8 Å². The maximum absolute atomic E-state index is 12.3. The number of benzene rings is 2. The molecule has 2 aromatic rings. The fourth-order valence-corrected chi connectivity index (χ4v) is 3.11. The summed E-state index contributed by atoms with van der Waals surface area (Å²) < 4.78 is 6.05. The van der Waals surface area contributed by atoms with Crippen LogP contribution in [0.1, 0.15) is 22.8 Å². The Morgan fingerprint density at radius 1 is 1.37 bits per heavy atom. The van der Waals surface area contributed by atoms with Crippen molar-refractivity contribution < 1.29 is 14.5 Å². The molecule has 2 aromatic carbocycles. The monoisotopic (exact) mass is 471 g/mol. The van der Waals surface area contributed by atoms with Gasteiger partial charge in [0.1, 0.15) is 10.8 Å². The average molecular weight is 473 g/mol. The van der Waals surface area contributed by atoms with E-state index >= 15 is 0 Å². The summed E-state index contributed by atoms with van der Waals surface area (Å²) in [6.45, 7) is 4.04. The Bertz CT molecular complexity index is 923. The van der Waals surface area contributed by atoms with Crippen molar-refractivity contribution >= 4 is 62.1 Å². The molecule has 142 valence electrons. The lowest BCUT2D eigenvalue weighted by molar-refractivity contribution is -0.384. The number of rotatable bonds is 5. The zero-order chi connectivity index (χ0) is 20.1. The lowest BCUT2D eigenvalue weighted by Gasteiger charge is -2.13. The van der Waals surface area contributed by atoms with Gasteiger partial charge in [-0.25, -0.2) is 0 Å². The van der Waals surface area contributed by atoms with E-state index in [1.54, 1.807) is 25.1 Å². The number of hydrogen-bond acceptors (Lipinski definition) is 5. The third-order valence-electron chi connectivity index (χ3n) is 3.46. The molecule has 0 spiro atoms. The summed E-state index contributed by atoms with van der Waals surface area (Å²) in [6, 6.07) is 7.64. The number of nitro benzene ring substituents is 1. The third-order valence-corrected chi connectivity index (χ3v) is 4.59. The second-order valence-electron chi connectivity index (χ2n) is 5.36. The van der Waals surface area contributed by atoms with Gasteiger partial charge in [-0.15, -0.1) is 0 Å². The van der Waals surface area contributed by atoms with Gasteiger partial charge in [0.05, 0.1) is 16.0 Å². The average Bonchev–Trinajstić information content (AvgIpc) is 2.59. The van der Waals surface area contributed by atoms with Crippen molar-refractivity contribution in [3.8, 4) is 5.75 Å². The first-order valence-corrected chi connectivity index (χ1v) is 9.30. The number of amides is 1. The smallest absolute Gasteiger partial charge is 0.288 e. The first-order chi connectivity index (χ1) is 12.7. The molecule has 0 atom stereocenters. The predicted octanol–water partition coefficient (Wildman–Crippen LogP) is 4.84. The highest BCUT2D eigenvalue weighted by Gasteiger charge is 2.16. The van der Waals surface area contributed by atoms with E-state index in [1.807, 2.05) is 6.92 Å². The molecule has 7 nitrogen and oxygen atoms in total. The Morgan fingerprint density at radius 2 is 2.07 bits per heavy atom. The van der Waals surface area contributed by atoms with Gasteiger partial charge >= 0.3 is 0 Å². The number of carbonyl (C=O) groups excluding carboxylic acids is 1. The maximum atomic E-state index is 12.3. The van der Waals surface area contributed by atoms with Gasteiger partial charge < -0.3 is 10.1 Å². The number of nitro groups is 1. The standard InChI is InChI=1S/C17H15BrClN3O4S/c1-3-26-15-5-4-10(7-11(15)18)16(23)21-17(27)20-13-8-12(19)14(22(24)25)6-9(13)2/h4-8H,3H2,1-2H3,(H2,20,21,23,27). The van der Waals surface area contributed by atoms with Crippen LogP contribution in [-0.4, -0.2) is 22.5 Å². The lowest BCUT2D eigenvalue weighted by atomic mass is 10.2. The highest BCUT2D eigenvalue weighted by Crippen LogP contribution is 2.30. The number of aryl methyl sites for hydroxylation is 1. The van der Waals surface area contributed by atoms with E-state index in [1.165, 1.54) is 12.1 Å². The summed E-state index contributed by atoms with van der Waals surface area (Å²) in [4.78, 5) is 22.7. The summed E-state index contributed by atoms with van der Waals surface area (Å²) in [5.41, 5.74) is 1.21. The molecule has 0 aliphatic carbocycles. The van der Waals surface area contributed by atoms with Gasteiger partial charge in [0.25, 0.3) is 11.6 Å². The fourth-order valence-electron chi connectivity index (χ4n) is 2.18. The maximum Gasteiger partial charge on any atom is 0.288 e. The lowest BCUT2D eigenvalue weighted by Crippen LogP contribution is -2.34. The van der Waals surface area contributed by atoms with Crippen molar-refractivity contribution in [3.63, 3.8) is 0 Å². The van der Waals surface area contributed by atoms with E-state index in [0.29, 0.717) is 33.6 Å². The zero-order valence-corrected chi connectivity index (χ0v) is 17.5. The van der Waals surface area contributed by atoms with E-state index in [-0.39, 0.29) is 15.8 Å². The highest BCUT2D eigenvalue weighted by atomic mass is 79.9. The first kappa shape index (κ1) is 21.1. The normalized spacial score (nSPS) is 10.2. The summed E-state index contributed by atoms with van der Waals surface area (Å²) in [5.74, 6) is 0.216. The van der Waals surface area contributed by atoms with Crippen LogP contribution in [0.5, 0.6) is 5.75 Å². The molecule has 0 heterocycles. The quantitative estimate of drug-likeness (QED) is 0.367. The van der Waals surface area contributed by atoms with Crippen LogP contribution in [-0.2, 0) is 0 Å². The molecule has 0 saturated carbocycles. The third kappa shape index (κ3) is 5.38. The van der Waals surface area contributed by atoms with Crippen molar-refractivity contribution in [2.45, 2.75) is 13.8 Å². The minimum Gasteiger partial charge on any atom is -0.493 e. The van der Waals surface area contributed by atoms with Gasteiger partial charge in [-0.3, -0.25) is 20.2 Å². The van der Waals surface area contributed by atoms with Crippen LogP contribution >= 0.6 is 39.7 Å². The largest absolute Gasteiger partial charge is 0.493 e. The molecule has 2 rings (SSSR count). The molecule has 0 fully saturated rings. The topological polar surface area (TPSA) is 93.5 Å². The van der Waals surface area contributed by atoms with Crippen LogP contribution in [0.2, 0.25) is 5.02 Å². The molecule has 0 aromatic heterocycles. The summed E-state index contributed by atoms with van der Waals surface area (Å²) in [7, 11) is 0. The van der Waals surface area contributed by atoms with Gasteiger partial charge in [-0.1, -0.05) is 11.6 Å². The van der Waals surface area contributed by atoms with Crippen LogP contribution < -0.4 is 15.4 Å². The zero-order valence-electron chi connectivity index (χ0n) is 14.3. The van der Waals surface area contributed by atoms with Crippen molar-refractivity contribution in [2.24, 2.45) is 0 Å². The van der Waals surface area contributed by atoms with Gasteiger partial charge in [0.2, 0.25) is 0 Å². The fraction of sp³-hybridized carbons (Fsp3) is 0.176. The number of nitrogens with zero attached hydrogens (tertiary/aromatic N) is 1. The second-order valence-corrected chi connectivity index (χ2v) is 7.03. The Morgan fingerprint density at radius 3 is 2.67 bits per heavy atom. The van der Waals surface area contributed by atoms with Crippen LogP contribution in [0.3, 0.4) is 0 Å². The summed E-state index contributed by atoms with van der Waals surface area (Å²) in [5, 5.41) is 16.3. The molecular weight excluding hydrogens is 458 g/mol. The molecular formula is C17H15BrClN3O4S. The molecule has 27 heavy (non-hydrogen) atoms. The van der Waals surface area contributed by atoms with E-state index in [0.717, 1.165) is 0 Å². The molecule has 2 N–H and O–H groups in total. The van der Waals surface area contributed by atoms with Crippen molar-refractivity contribution in [2.75, 3.05) is 11.9 Å². The molecule has 0 radical (unpaired) electrons. The Kier molecular flexibility index (Phi) is 7.11. The van der Waals surface area contributed by atoms with Crippen LogP contribution in [0, 0.1) is 17.0 Å². The number of thiocarbonyl (C=S) groups is 1. The van der Waals surface area contributed by atoms with Gasteiger partial charge in [0, 0.05) is 17.3 Å². The Hall–Kier alpha value is -2.23. The summed E-state index contributed by atoms with van der Waals surface area (Å²) >= 11 is 14.4. The molecule has 0 saturated heterocycles. The Labute approximate surface area is 174 Å². The summed E-state index contributed by atoms with van der Waals surface area (Å²) in [6.07, 6.45) is 0. The molecule has 0 bridgehead atoms. The highest BCUT2D eigenvalue weighted by molar-refractivity contribution is 9.10. The minimum absolute atomic E-state index is 0.0299. The number of halogens is 2. The minimum atomic E-state index is -0.566. The van der Waals surface area contributed by atoms with Crippen molar-refractivity contribution in [1.29, 1.82) is 0 Å². The van der Waals surface area contributed by atoms with Crippen LogP contribution in [0.15, 0.2) is 34.8 Å². The van der Waals surface area contributed by atoms with E-state index < -0.39 is 10.8 Å².